The van der Waals surface area contributed by atoms with E-state index in [9.17, 15) is 4.79 Å². The largest absolute Gasteiger partial charge is 0.299 e. The third-order valence-electron chi connectivity index (χ3n) is 5.25. The van der Waals surface area contributed by atoms with Crippen LogP contribution in [0.15, 0.2) is 12.7 Å². The van der Waals surface area contributed by atoms with Crippen LogP contribution in [0.3, 0.4) is 0 Å². The van der Waals surface area contributed by atoms with E-state index in [1.54, 1.807) is 0 Å². The summed E-state index contributed by atoms with van der Waals surface area (Å²) in [5.41, 5.74) is 0.619. The van der Waals surface area contributed by atoms with Gasteiger partial charge >= 0.3 is 0 Å². The molecule has 0 spiro atoms. The summed E-state index contributed by atoms with van der Waals surface area (Å²) in [5.74, 6) is 2.86. The van der Waals surface area contributed by atoms with Crippen molar-refractivity contribution in [2.75, 3.05) is 0 Å². The van der Waals surface area contributed by atoms with E-state index >= 15 is 0 Å². The summed E-state index contributed by atoms with van der Waals surface area (Å²) in [6.07, 6.45) is 6.11. The van der Waals surface area contributed by atoms with Crippen LogP contribution in [0.4, 0.5) is 0 Å². The van der Waals surface area contributed by atoms with Crippen LogP contribution in [-0.4, -0.2) is 5.78 Å². The molecule has 3 fully saturated rings. The van der Waals surface area contributed by atoms with E-state index in [0.717, 1.165) is 30.6 Å². The number of hydrogen-bond acceptors (Lipinski definition) is 1. The Kier molecular flexibility index (Phi) is 1.64. The third-order valence-corrected chi connectivity index (χ3v) is 5.25. The van der Waals surface area contributed by atoms with Crippen LogP contribution in [0.1, 0.15) is 39.5 Å². The number of rotatable bonds is 4. The summed E-state index contributed by atoms with van der Waals surface area (Å²) in [5, 5.41) is 0. The Morgan fingerprint density at radius 3 is 2.80 bits per heavy atom. The minimum absolute atomic E-state index is 0.185. The van der Waals surface area contributed by atoms with E-state index in [2.05, 4.69) is 20.4 Å². The van der Waals surface area contributed by atoms with Crippen molar-refractivity contribution in [3.05, 3.63) is 12.7 Å². The van der Waals surface area contributed by atoms with Gasteiger partial charge in [0.25, 0.3) is 0 Å². The fourth-order valence-corrected chi connectivity index (χ4v) is 4.54. The lowest BCUT2D eigenvalue weighted by Crippen LogP contribution is -2.34. The summed E-state index contributed by atoms with van der Waals surface area (Å²) in [7, 11) is 0. The van der Waals surface area contributed by atoms with Gasteiger partial charge in [0, 0.05) is 11.8 Å². The summed E-state index contributed by atoms with van der Waals surface area (Å²) < 4.78 is 0. The minimum atomic E-state index is 0.185. The molecule has 15 heavy (non-hydrogen) atoms. The average Bonchev–Trinajstić information content (AvgIpc) is 3.00. The zero-order valence-electron chi connectivity index (χ0n) is 9.75. The summed E-state index contributed by atoms with van der Waals surface area (Å²) >= 11 is 0. The Morgan fingerprint density at radius 1 is 1.53 bits per heavy atom. The number of carbonyl (C=O) groups excluding carboxylic acids is 1. The molecule has 1 unspecified atom stereocenters. The number of ketones is 1. The second-order valence-corrected chi connectivity index (χ2v) is 6.32. The molecule has 1 heteroatoms. The molecule has 0 aromatic carbocycles. The molecule has 3 aliphatic carbocycles. The lowest BCUT2D eigenvalue weighted by Gasteiger charge is -2.39. The van der Waals surface area contributed by atoms with E-state index in [0.29, 0.717) is 11.2 Å². The van der Waals surface area contributed by atoms with Gasteiger partial charge in [0.1, 0.15) is 5.78 Å². The second kappa shape index (κ2) is 2.56. The predicted octanol–water partition coefficient (Wildman–Crippen LogP) is 3.20. The summed E-state index contributed by atoms with van der Waals surface area (Å²) in [6.45, 7) is 8.40. The molecule has 0 aromatic heterocycles. The molecule has 0 heterocycles. The van der Waals surface area contributed by atoms with Gasteiger partial charge in [-0.25, -0.2) is 0 Å². The van der Waals surface area contributed by atoms with Crippen molar-refractivity contribution in [3.8, 4) is 0 Å². The van der Waals surface area contributed by atoms with Crippen molar-refractivity contribution in [2.45, 2.75) is 39.5 Å². The molecule has 0 bridgehead atoms. The maximum atomic E-state index is 12.2. The number of carbonyl (C=O) groups is 1. The van der Waals surface area contributed by atoms with E-state index in [4.69, 9.17) is 0 Å². The van der Waals surface area contributed by atoms with E-state index in [1.165, 1.54) is 12.8 Å². The van der Waals surface area contributed by atoms with Crippen molar-refractivity contribution in [1.82, 2.24) is 0 Å². The zero-order valence-corrected chi connectivity index (χ0v) is 9.75. The van der Waals surface area contributed by atoms with Crippen LogP contribution in [0, 0.1) is 28.6 Å². The van der Waals surface area contributed by atoms with Gasteiger partial charge in [-0.3, -0.25) is 4.79 Å². The molecule has 4 atom stereocenters. The first kappa shape index (κ1) is 9.62. The van der Waals surface area contributed by atoms with Gasteiger partial charge in [0.05, 0.1) is 0 Å². The molecule has 3 rings (SSSR count). The molecular weight excluding hydrogens is 184 g/mol. The van der Waals surface area contributed by atoms with Gasteiger partial charge in [-0.1, -0.05) is 19.9 Å². The number of Topliss-reactive ketones (excluding diaryl/α,β-unsaturated/α-hetero) is 1. The molecule has 0 saturated heterocycles. The van der Waals surface area contributed by atoms with E-state index in [1.807, 2.05) is 6.08 Å². The number of allylic oxidation sites excluding steroid dienone is 1. The molecular formula is C14H20O. The SMILES string of the molecule is C=CCCC(=O)[C@@]12C3CCC(C)(C)[C@@H]1[C@@H]32. The molecule has 3 saturated carbocycles. The van der Waals surface area contributed by atoms with Crippen molar-refractivity contribution in [1.29, 1.82) is 0 Å². The Morgan fingerprint density at radius 2 is 2.27 bits per heavy atom. The molecule has 0 aromatic rings. The predicted molar refractivity (Wildman–Crippen MR) is 60.4 cm³/mol. The fourth-order valence-electron chi connectivity index (χ4n) is 4.54. The van der Waals surface area contributed by atoms with Crippen molar-refractivity contribution in [2.24, 2.45) is 28.6 Å². The molecule has 82 valence electrons. The van der Waals surface area contributed by atoms with Crippen molar-refractivity contribution < 1.29 is 4.79 Å². The molecule has 3 aliphatic rings. The fraction of sp³-hybridized carbons (Fsp3) is 0.786. The monoisotopic (exact) mass is 204 g/mol. The van der Waals surface area contributed by atoms with Gasteiger partial charge in [-0.05, 0) is 42.4 Å². The van der Waals surface area contributed by atoms with Crippen LogP contribution in [-0.2, 0) is 4.79 Å². The zero-order chi connectivity index (χ0) is 10.8. The first-order valence-corrected chi connectivity index (χ1v) is 6.21. The normalized spacial score (nSPS) is 48.0. The third kappa shape index (κ3) is 0.926. The van der Waals surface area contributed by atoms with Gasteiger partial charge < -0.3 is 0 Å². The highest BCUT2D eigenvalue weighted by molar-refractivity contribution is 5.94. The van der Waals surface area contributed by atoms with Crippen LogP contribution in [0.2, 0.25) is 0 Å². The average molecular weight is 204 g/mol. The highest BCUT2D eigenvalue weighted by atomic mass is 16.1. The Bertz CT molecular complexity index is 341. The highest BCUT2D eigenvalue weighted by Gasteiger charge is 2.92. The first-order chi connectivity index (χ1) is 7.06. The smallest absolute Gasteiger partial charge is 0.140 e. The Hall–Kier alpha value is -0.590. The molecule has 0 radical (unpaired) electrons. The molecule has 0 N–H and O–H groups in total. The van der Waals surface area contributed by atoms with Crippen LogP contribution >= 0.6 is 0 Å². The van der Waals surface area contributed by atoms with Crippen LogP contribution in [0.25, 0.3) is 0 Å². The quantitative estimate of drug-likeness (QED) is 0.643. The Balaban J connectivity index is 1.75. The van der Waals surface area contributed by atoms with Gasteiger partial charge in [0.2, 0.25) is 0 Å². The van der Waals surface area contributed by atoms with Gasteiger partial charge in [-0.2, -0.15) is 0 Å². The van der Waals surface area contributed by atoms with Gasteiger partial charge in [-0.15, -0.1) is 6.58 Å². The van der Waals surface area contributed by atoms with E-state index in [-0.39, 0.29) is 5.41 Å². The standard InChI is InChI=1S/C14H20O/c1-4-5-6-10(15)14-9-7-8-13(2,3)12(14)11(9)14/h4,9,11-12H,1,5-8H2,2-3H3/t9?,11-,12+,14-/m1/s1. The highest BCUT2D eigenvalue weighted by Crippen LogP contribution is 2.92. The second-order valence-electron chi connectivity index (χ2n) is 6.32. The molecule has 0 aliphatic heterocycles. The summed E-state index contributed by atoms with van der Waals surface area (Å²) in [4.78, 5) is 12.2. The van der Waals surface area contributed by atoms with Crippen LogP contribution < -0.4 is 0 Å². The number of fused-ring (bicyclic) bond motifs is 2. The maximum absolute atomic E-state index is 12.2. The van der Waals surface area contributed by atoms with Crippen LogP contribution in [0.5, 0.6) is 0 Å². The van der Waals surface area contributed by atoms with E-state index < -0.39 is 0 Å². The van der Waals surface area contributed by atoms with Crippen molar-refractivity contribution in [3.63, 3.8) is 0 Å². The lowest BCUT2D eigenvalue weighted by molar-refractivity contribution is -0.125. The first-order valence-electron chi connectivity index (χ1n) is 6.21. The van der Waals surface area contributed by atoms with Gasteiger partial charge in [0.15, 0.2) is 0 Å². The topological polar surface area (TPSA) is 17.1 Å². The molecule has 1 nitrogen and oxygen atoms in total. The Labute approximate surface area is 91.9 Å². The minimum Gasteiger partial charge on any atom is -0.299 e. The lowest BCUT2D eigenvalue weighted by atomic mass is 9.65. The number of hydrogen-bond donors (Lipinski definition) is 0. The van der Waals surface area contributed by atoms with Crippen molar-refractivity contribution >= 4 is 5.78 Å². The summed E-state index contributed by atoms with van der Waals surface area (Å²) in [6, 6.07) is 0. The molecule has 0 amide bonds. The maximum Gasteiger partial charge on any atom is 0.140 e.